The molecule has 5 heteroatoms. The Bertz CT molecular complexity index is 680. The maximum absolute atomic E-state index is 13.4. The van der Waals surface area contributed by atoms with Gasteiger partial charge in [0, 0.05) is 26.6 Å². The topological polar surface area (TPSA) is 43.9 Å². The first-order valence-electron chi connectivity index (χ1n) is 10.7. The van der Waals surface area contributed by atoms with E-state index in [0.29, 0.717) is 25.3 Å². The lowest BCUT2D eigenvalue weighted by Gasteiger charge is -2.42. The number of amides is 2. The lowest BCUT2D eigenvalue weighted by atomic mass is 9.82. The molecule has 0 saturated carbocycles. The number of piperidine rings is 2. The maximum atomic E-state index is 13.4. The van der Waals surface area contributed by atoms with Crippen molar-refractivity contribution >= 4 is 11.8 Å². The summed E-state index contributed by atoms with van der Waals surface area (Å²) in [6.45, 7) is 7.75. The quantitative estimate of drug-likeness (QED) is 0.782. The molecule has 2 fully saturated rings. The molecule has 5 nitrogen and oxygen atoms in total. The van der Waals surface area contributed by atoms with Crippen molar-refractivity contribution in [1.29, 1.82) is 0 Å². The highest BCUT2D eigenvalue weighted by molar-refractivity contribution is 5.85. The van der Waals surface area contributed by atoms with Crippen molar-refractivity contribution in [2.75, 3.05) is 40.3 Å². The predicted octanol–water partition coefficient (Wildman–Crippen LogP) is 3.09. The lowest BCUT2D eigenvalue weighted by molar-refractivity contribution is -0.147. The zero-order chi connectivity index (χ0) is 20.3. The van der Waals surface area contributed by atoms with Crippen molar-refractivity contribution in [3.05, 3.63) is 35.4 Å². The summed E-state index contributed by atoms with van der Waals surface area (Å²) >= 11 is 0. The van der Waals surface area contributed by atoms with E-state index in [1.54, 1.807) is 0 Å². The van der Waals surface area contributed by atoms with E-state index in [1.165, 1.54) is 5.56 Å². The summed E-state index contributed by atoms with van der Waals surface area (Å²) < 4.78 is 0. The van der Waals surface area contributed by atoms with Crippen LogP contribution in [0.1, 0.15) is 49.8 Å². The number of benzene rings is 1. The minimum atomic E-state index is -0.156. The molecule has 1 aromatic carbocycles. The molecule has 0 unspecified atom stereocenters. The van der Waals surface area contributed by atoms with Gasteiger partial charge in [0.25, 0.3) is 0 Å². The van der Waals surface area contributed by atoms with Crippen LogP contribution in [0.5, 0.6) is 0 Å². The number of rotatable bonds is 5. The SMILES string of the molecule is CCN1C(=O)CC[C@@H](C(=O)N(C)CC2CCN(C)CC2)[C@@H]1c1ccc(C)cc1. The van der Waals surface area contributed by atoms with E-state index in [1.807, 2.05) is 23.8 Å². The molecule has 2 aliphatic rings. The molecule has 0 aromatic heterocycles. The highest BCUT2D eigenvalue weighted by atomic mass is 16.2. The molecule has 28 heavy (non-hydrogen) atoms. The molecule has 1 aromatic rings. The van der Waals surface area contributed by atoms with E-state index >= 15 is 0 Å². The summed E-state index contributed by atoms with van der Waals surface area (Å²) in [5.74, 6) is 0.776. The van der Waals surface area contributed by atoms with Gasteiger partial charge in [-0.2, -0.15) is 0 Å². The van der Waals surface area contributed by atoms with E-state index in [2.05, 4.69) is 43.1 Å². The average molecular weight is 386 g/mol. The molecule has 0 radical (unpaired) electrons. The molecule has 2 saturated heterocycles. The minimum Gasteiger partial charge on any atom is -0.345 e. The third-order valence-electron chi connectivity index (χ3n) is 6.53. The fourth-order valence-electron chi connectivity index (χ4n) is 4.77. The number of nitrogens with zero attached hydrogens (tertiary/aromatic N) is 3. The fourth-order valence-corrected chi connectivity index (χ4v) is 4.77. The molecule has 2 atom stereocenters. The highest BCUT2D eigenvalue weighted by Crippen LogP contribution is 2.38. The summed E-state index contributed by atoms with van der Waals surface area (Å²) in [7, 11) is 4.11. The Kier molecular flexibility index (Phi) is 6.76. The lowest BCUT2D eigenvalue weighted by Crippen LogP contribution is -2.49. The molecule has 0 bridgehead atoms. The van der Waals surface area contributed by atoms with Crippen LogP contribution in [0.25, 0.3) is 0 Å². The van der Waals surface area contributed by atoms with E-state index in [9.17, 15) is 9.59 Å². The standard InChI is InChI=1S/C23H35N3O2/c1-5-26-21(27)11-10-20(22(26)19-8-6-17(2)7-9-19)23(28)25(4)16-18-12-14-24(3)15-13-18/h6-9,18,20,22H,5,10-16H2,1-4H3/t20-,22+/m1/s1. The first-order valence-corrected chi connectivity index (χ1v) is 10.7. The molecular formula is C23H35N3O2. The van der Waals surface area contributed by atoms with E-state index < -0.39 is 0 Å². The van der Waals surface area contributed by atoms with E-state index in [4.69, 9.17) is 0 Å². The minimum absolute atomic E-state index is 0.153. The Morgan fingerprint density at radius 2 is 1.79 bits per heavy atom. The average Bonchev–Trinajstić information content (AvgIpc) is 2.69. The summed E-state index contributed by atoms with van der Waals surface area (Å²) in [5, 5.41) is 0. The third-order valence-corrected chi connectivity index (χ3v) is 6.53. The summed E-state index contributed by atoms with van der Waals surface area (Å²) in [4.78, 5) is 32.2. The second-order valence-electron chi connectivity index (χ2n) is 8.65. The van der Waals surface area contributed by atoms with Gasteiger partial charge in [-0.1, -0.05) is 29.8 Å². The second-order valence-corrected chi connectivity index (χ2v) is 8.65. The van der Waals surface area contributed by atoms with Crippen LogP contribution in [-0.2, 0) is 9.59 Å². The van der Waals surface area contributed by atoms with E-state index in [0.717, 1.165) is 38.0 Å². The number of carbonyl (C=O) groups excluding carboxylic acids is 2. The summed E-state index contributed by atoms with van der Waals surface area (Å²) in [6, 6.07) is 8.16. The predicted molar refractivity (Wildman–Crippen MR) is 112 cm³/mol. The van der Waals surface area contributed by atoms with Crippen molar-refractivity contribution in [1.82, 2.24) is 14.7 Å². The molecule has 3 rings (SSSR count). The van der Waals surface area contributed by atoms with Crippen molar-refractivity contribution in [2.45, 2.75) is 45.6 Å². The van der Waals surface area contributed by atoms with Crippen LogP contribution in [0.2, 0.25) is 0 Å². The molecule has 0 spiro atoms. The zero-order valence-electron chi connectivity index (χ0n) is 17.9. The maximum Gasteiger partial charge on any atom is 0.227 e. The van der Waals surface area contributed by atoms with Gasteiger partial charge >= 0.3 is 0 Å². The van der Waals surface area contributed by atoms with Crippen molar-refractivity contribution < 1.29 is 9.59 Å². The highest BCUT2D eigenvalue weighted by Gasteiger charge is 2.41. The van der Waals surface area contributed by atoms with Crippen molar-refractivity contribution in [3.8, 4) is 0 Å². The van der Waals surface area contributed by atoms with Gasteiger partial charge in [0.1, 0.15) is 0 Å². The second kappa shape index (κ2) is 9.08. The Balaban J connectivity index is 1.77. The van der Waals surface area contributed by atoms with Gasteiger partial charge in [0.15, 0.2) is 0 Å². The number of hydrogen-bond donors (Lipinski definition) is 0. The van der Waals surface area contributed by atoms with Crippen LogP contribution in [0.15, 0.2) is 24.3 Å². The van der Waals surface area contributed by atoms with Gasteiger partial charge in [-0.3, -0.25) is 9.59 Å². The van der Waals surface area contributed by atoms with Crippen molar-refractivity contribution in [2.24, 2.45) is 11.8 Å². The van der Waals surface area contributed by atoms with Crippen molar-refractivity contribution in [3.63, 3.8) is 0 Å². The number of hydrogen-bond acceptors (Lipinski definition) is 3. The smallest absolute Gasteiger partial charge is 0.227 e. The Labute approximate surface area is 169 Å². The molecule has 2 heterocycles. The van der Waals surface area contributed by atoms with E-state index in [-0.39, 0.29) is 23.8 Å². The Hall–Kier alpha value is -1.88. The van der Waals surface area contributed by atoms with Gasteiger partial charge in [-0.25, -0.2) is 0 Å². The van der Waals surface area contributed by atoms with Crippen LogP contribution in [0.3, 0.4) is 0 Å². The molecule has 2 aliphatic heterocycles. The van der Waals surface area contributed by atoms with Crippen LogP contribution in [0, 0.1) is 18.8 Å². The fraction of sp³-hybridized carbons (Fsp3) is 0.652. The third kappa shape index (κ3) is 4.57. The van der Waals surface area contributed by atoms with Gasteiger partial charge < -0.3 is 14.7 Å². The normalized spacial score (nSPS) is 24.4. The molecule has 154 valence electrons. The Morgan fingerprint density at radius 3 is 2.39 bits per heavy atom. The van der Waals surface area contributed by atoms with Gasteiger partial charge in [0.2, 0.25) is 11.8 Å². The number of likely N-dealkylation sites (tertiary alicyclic amines) is 2. The summed E-state index contributed by atoms with van der Waals surface area (Å²) in [5.41, 5.74) is 2.27. The molecule has 0 N–H and O–H groups in total. The largest absolute Gasteiger partial charge is 0.345 e. The number of aryl methyl sites for hydroxylation is 1. The first kappa shape index (κ1) is 20.8. The van der Waals surface area contributed by atoms with Gasteiger partial charge in [0.05, 0.1) is 12.0 Å². The van der Waals surface area contributed by atoms with Gasteiger partial charge in [-0.15, -0.1) is 0 Å². The van der Waals surface area contributed by atoms with Crippen LogP contribution >= 0.6 is 0 Å². The molecular weight excluding hydrogens is 350 g/mol. The zero-order valence-corrected chi connectivity index (χ0v) is 17.9. The Morgan fingerprint density at radius 1 is 1.14 bits per heavy atom. The summed E-state index contributed by atoms with van der Waals surface area (Å²) in [6.07, 6.45) is 3.42. The number of carbonyl (C=O) groups is 2. The van der Waals surface area contributed by atoms with Gasteiger partial charge in [-0.05, 0) is 64.7 Å². The monoisotopic (exact) mass is 385 g/mol. The molecule has 0 aliphatic carbocycles. The van der Waals surface area contributed by atoms with Crippen LogP contribution in [0.4, 0.5) is 0 Å². The van der Waals surface area contributed by atoms with Crippen LogP contribution in [-0.4, -0.2) is 66.8 Å². The molecule has 2 amide bonds. The first-order chi connectivity index (χ1) is 13.4. The van der Waals surface area contributed by atoms with Crippen LogP contribution < -0.4 is 0 Å².